The summed E-state index contributed by atoms with van der Waals surface area (Å²) in [6.45, 7) is 8.03. The van der Waals surface area contributed by atoms with E-state index in [1.54, 1.807) is 0 Å². The van der Waals surface area contributed by atoms with Gasteiger partial charge in [0.1, 0.15) is 0 Å². The van der Waals surface area contributed by atoms with Gasteiger partial charge < -0.3 is 4.90 Å². The Morgan fingerprint density at radius 3 is 2.30 bits per heavy atom. The molecule has 0 aromatic carbocycles. The van der Waals surface area contributed by atoms with Crippen LogP contribution in [0.1, 0.15) is 40.0 Å². The lowest BCUT2D eigenvalue weighted by atomic mass is 10.2. The zero-order chi connectivity index (χ0) is 7.98. The van der Waals surface area contributed by atoms with Crippen molar-refractivity contribution in [3.8, 4) is 0 Å². The van der Waals surface area contributed by atoms with Gasteiger partial charge in [-0.05, 0) is 33.4 Å². The lowest BCUT2D eigenvalue weighted by Gasteiger charge is -2.22. The van der Waals surface area contributed by atoms with Crippen molar-refractivity contribution in [3.05, 3.63) is 0 Å². The molecule has 0 aliphatic rings. The Hall–Kier alpha value is -0.0400. The molecule has 0 bridgehead atoms. The van der Waals surface area contributed by atoms with Crippen molar-refractivity contribution in [3.63, 3.8) is 0 Å². The summed E-state index contributed by atoms with van der Waals surface area (Å²) in [6.07, 6.45) is 3.90. The zero-order valence-electron chi connectivity index (χ0n) is 7.85. The third-order valence-corrected chi connectivity index (χ3v) is 2.21. The highest BCUT2D eigenvalue weighted by Gasteiger charge is 2.03. The van der Waals surface area contributed by atoms with Crippen molar-refractivity contribution in [1.82, 2.24) is 4.90 Å². The monoisotopic (exact) mass is 143 g/mol. The Kier molecular flexibility index (Phi) is 5.70. The second kappa shape index (κ2) is 5.72. The first-order chi connectivity index (χ1) is 4.72. The summed E-state index contributed by atoms with van der Waals surface area (Å²) >= 11 is 0. The quantitative estimate of drug-likeness (QED) is 0.571. The minimum Gasteiger partial charge on any atom is -0.304 e. The van der Waals surface area contributed by atoms with Gasteiger partial charge in [0.25, 0.3) is 0 Å². The molecule has 0 spiro atoms. The predicted octanol–water partition coefficient (Wildman–Crippen LogP) is 2.52. The van der Waals surface area contributed by atoms with Crippen LogP contribution in [0.25, 0.3) is 0 Å². The maximum Gasteiger partial charge on any atom is 0.00612 e. The zero-order valence-corrected chi connectivity index (χ0v) is 7.85. The largest absolute Gasteiger partial charge is 0.304 e. The number of hydrogen-bond acceptors (Lipinski definition) is 1. The van der Waals surface area contributed by atoms with Crippen LogP contribution in [0.15, 0.2) is 0 Å². The average Bonchev–Trinajstić information content (AvgIpc) is 1.98. The Bertz CT molecular complexity index is 71.1. The third-order valence-electron chi connectivity index (χ3n) is 2.21. The van der Waals surface area contributed by atoms with Crippen LogP contribution in [0.2, 0.25) is 0 Å². The van der Waals surface area contributed by atoms with Crippen molar-refractivity contribution >= 4 is 0 Å². The lowest BCUT2D eigenvalue weighted by Crippen LogP contribution is -2.29. The first kappa shape index (κ1) is 9.96. The van der Waals surface area contributed by atoms with E-state index in [4.69, 9.17) is 0 Å². The van der Waals surface area contributed by atoms with Crippen LogP contribution >= 0.6 is 0 Å². The van der Waals surface area contributed by atoms with Gasteiger partial charge in [0, 0.05) is 6.04 Å². The van der Waals surface area contributed by atoms with E-state index in [-0.39, 0.29) is 0 Å². The standard InChI is InChI=1S/C9H21N/c1-5-7-8-10(4)9(3)6-2/h9H,5-8H2,1-4H3. The molecule has 0 fully saturated rings. The normalized spacial score (nSPS) is 14.1. The Morgan fingerprint density at radius 2 is 1.90 bits per heavy atom. The maximum absolute atomic E-state index is 2.43. The molecule has 1 unspecified atom stereocenters. The highest BCUT2D eigenvalue weighted by atomic mass is 15.1. The molecule has 0 aromatic heterocycles. The van der Waals surface area contributed by atoms with Crippen LogP contribution in [0.3, 0.4) is 0 Å². The Morgan fingerprint density at radius 1 is 1.30 bits per heavy atom. The van der Waals surface area contributed by atoms with Gasteiger partial charge in [-0.3, -0.25) is 0 Å². The molecule has 0 saturated heterocycles. The third kappa shape index (κ3) is 3.89. The fourth-order valence-electron chi connectivity index (χ4n) is 0.940. The summed E-state index contributed by atoms with van der Waals surface area (Å²) in [5.74, 6) is 0. The molecule has 0 amide bonds. The molecule has 0 heterocycles. The smallest absolute Gasteiger partial charge is 0.00612 e. The molecule has 0 saturated carbocycles. The summed E-state index contributed by atoms with van der Waals surface area (Å²) in [4.78, 5) is 2.43. The van der Waals surface area contributed by atoms with E-state index in [2.05, 4.69) is 32.7 Å². The SMILES string of the molecule is CCCCN(C)C(C)CC. The minimum atomic E-state index is 0.756. The highest BCUT2D eigenvalue weighted by molar-refractivity contribution is 4.59. The first-order valence-electron chi connectivity index (χ1n) is 4.42. The predicted molar refractivity (Wildman–Crippen MR) is 47.3 cm³/mol. The second-order valence-corrected chi connectivity index (χ2v) is 3.09. The highest BCUT2D eigenvalue weighted by Crippen LogP contribution is 2.01. The summed E-state index contributed by atoms with van der Waals surface area (Å²) in [5, 5.41) is 0. The van der Waals surface area contributed by atoms with Crippen LogP contribution in [0, 0.1) is 0 Å². The number of rotatable bonds is 5. The second-order valence-electron chi connectivity index (χ2n) is 3.09. The van der Waals surface area contributed by atoms with Gasteiger partial charge in [0.15, 0.2) is 0 Å². The van der Waals surface area contributed by atoms with E-state index in [0.717, 1.165) is 6.04 Å². The van der Waals surface area contributed by atoms with Crippen molar-refractivity contribution in [2.75, 3.05) is 13.6 Å². The molecule has 10 heavy (non-hydrogen) atoms. The topological polar surface area (TPSA) is 3.24 Å². The number of hydrogen-bond donors (Lipinski definition) is 0. The van der Waals surface area contributed by atoms with E-state index >= 15 is 0 Å². The molecule has 0 rings (SSSR count). The van der Waals surface area contributed by atoms with Gasteiger partial charge in [0.05, 0.1) is 0 Å². The molecule has 62 valence electrons. The molecule has 1 nitrogen and oxygen atoms in total. The molecule has 0 aromatic rings. The van der Waals surface area contributed by atoms with Gasteiger partial charge >= 0.3 is 0 Å². The van der Waals surface area contributed by atoms with Crippen LogP contribution in [-0.2, 0) is 0 Å². The summed E-state index contributed by atoms with van der Waals surface area (Å²) in [5.41, 5.74) is 0. The Balaban J connectivity index is 3.31. The van der Waals surface area contributed by atoms with Crippen LogP contribution < -0.4 is 0 Å². The summed E-state index contributed by atoms with van der Waals surface area (Å²) in [7, 11) is 2.21. The minimum absolute atomic E-state index is 0.756. The molecule has 1 heteroatoms. The van der Waals surface area contributed by atoms with Gasteiger partial charge in [-0.15, -0.1) is 0 Å². The Labute approximate surface area is 65.4 Å². The molecular weight excluding hydrogens is 122 g/mol. The van der Waals surface area contributed by atoms with E-state index in [1.165, 1.54) is 25.8 Å². The van der Waals surface area contributed by atoms with Crippen LogP contribution in [-0.4, -0.2) is 24.5 Å². The molecule has 0 aliphatic heterocycles. The first-order valence-corrected chi connectivity index (χ1v) is 4.42. The van der Waals surface area contributed by atoms with Crippen molar-refractivity contribution < 1.29 is 0 Å². The maximum atomic E-state index is 2.43. The van der Waals surface area contributed by atoms with Gasteiger partial charge in [0.2, 0.25) is 0 Å². The van der Waals surface area contributed by atoms with Gasteiger partial charge in [-0.25, -0.2) is 0 Å². The summed E-state index contributed by atoms with van der Waals surface area (Å²) < 4.78 is 0. The molecule has 0 aliphatic carbocycles. The molecule has 0 N–H and O–H groups in total. The van der Waals surface area contributed by atoms with E-state index < -0.39 is 0 Å². The molecular formula is C9H21N. The van der Waals surface area contributed by atoms with Crippen LogP contribution in [0.5, 0.6) is 0 Å². The van der Waals surface area contributed by atoms with Crippen molar-refractivity contribution in [2.45, 2.75) is 46.1 Å². The fourth-order valence-corrected chi connectivity index (χ4v) is 0.940. The van der Waals surface area contributed by atoms with Crippen molar-refractivity contribution in [2.24, 2.45) is 0 Å². The number of nitrogens with zero attached hydrogens (tertiary/aromatic N) is 1. The van der Waals surface area contributed by atoms with E-state index in [0.29, 0.717) is 0 Å². The van der Waals surface area contributed by atoms with Crippen molar-refractivity contribution in [1.29, 1.82) is 0 Å². The van der Waals surface area contributed by atoms with Gasteiger partial charge in [-0.2, -0.15) is 0 Å². The van der Waals surface area contributed by atoms with Crippen LogP contribution in [0.4, 0.5) is 0 Å². The van der Waals surface area contributed by atoms with E-state index in [1.807, 2.05) is 0 Å². The fraction of sp³-hybridized carbons (Fsp3) is 1.00. The summed E-state index contributed by atoms with van der Waals surface area (Å²) in [6, 6.07) is 0.756. The van der Waals surface area contributed by atoms with Gasteiger partial charge in [-0.1, -0.05) is 20.3 Å². The lowest BCUT2D eigenvalue weighted by molar-refractivity contribution is 0.248. The molecule has 0 radical (unpaired) electrons. The molecule has 1 atom stereocenters. The van der Waals surface area contributed by atoms with E-state index in [9.17, 15) is 0 Å². The average molecular weight is 143 g/mol. The number of unbranched alkanes of at least 4 members (excludes halogenated alkanes) is 1.